The Bertz CT molecular complexity index is 499. The lowest BCUT2D eigenvalue weighted by molar-refractivity contribution is 0.0836. The van der Waals surface area contributed by atoms with E-state index in [4.69, 9.17) is 0 Å². The third-order valence-electron chi connectivity index (χ3n) is 2.62. The normalized spacial score (nSPS) is 14.2. The van der Waals surface area contributed by atoms with Crippen molar-refractivity contribution in [2.75, 3.05) is 5.75 Å². The molecule has 2 aromatic rings. The number of aliphatic hydroxyl groups is 1. The Morgan fingerprint density at radius 3 is 2.61 bits per heavy atom. The molecule has 0 aliphatic rings. The quantitative estimate of drug-likeness (QED) is 0.868. The number of hydrogen-bond acceptors (Lipinski definition) is 3. The Labute approximate surface area is 120 Å². The van der Waals surface area contributed by atoms with Crippen LogP contribution < -0.4 is 0 Å². The lowest BCUT2D eigenvalue weighted by Crippen LogP contribution is -2.24. The van der Waals surface area contributed by atoms with Crippen LogP contribution in [-0.2, 0) is 5.60 Å². The zero-order valence-electron chi connectivity index (χ0n) is 10.0. The molecule has 18 heavy (non-hydrogen) atoms. The van der Waals surface area contributed by atoms with E-state index in [2.05, 4.69) is 20.9 Å². The maximum absolute atomic E-state index is 10.4. The van der Waals surface area contributed by atoms with Crippen molar-refractivity contribution in [1.82, 2.24) is 4.98 Å². The molecule has 2 rings (SSSR count). The number of pyridine rings is 1. The third-order valence-corrected chi connectivity index (χ3v) is 4.46. The zero-order chi connectivity index (χ0) is 13.0. The first-order valence-electron chi connectivity index (χ1n) is 5.59. The van der Waals surface area contributed by atoms with Gasteiger partial charge in [0.15, 0.2) is 0 Å². The predicted octanol–water partition coefficient (Wildman–Crippen LogP) is 3.84. The summed E-state index contributed by atoms with van der Waals surface area (Å²) >= 11 is 5.04. The average molecular weight is 324 g/mol. The second-order valence-electron chi connectivity index (χ2n) is 4.26. The van der Waals surface area contributed by atoms with Gasteiger partial charge in [-0.2, -0.15) is 0 Å². The molecule has 0 radical (unpaired) electrons. The number of nitrogens with zero attached hydrogens (tertiary/aromatic N) is 1. The molecule has 0 saturated carbocycles. The molecule has 0 amide bonds. The smallest absolute Gasteiger partial charge is 0.0976 e. The SMILES string of the molecule is CC(O)(CSc1ccc(Br)cc1)c1cccnc1. The van der Waals surface area contributed by atoms with E-state index in [1.807, 2.05) is 43.3 Å². The second kappa shape index (κ2) is 5.87. The molecular formula is C14H14BrNOS. The molecule has 1 atom stereocenters. The van der Waals surface area contributed by atoms with Crippen LogP contribution in [0.4, 0.5) is 0 Å². The van der Waals surface area contributed by atoms with Crippen molar-refractivity contribution in [2.24, 2.45) is 0 Å². The van der Waals surface area contributed by atoms with Crippen molar-refractivity contribution < 1.29 is 5.11 Å². The molecule has 4 heteroatoms. The van der Waals surface area contributed by atoms with E-state index >= 15 is 0 Å². The number of rotatable bonds is 4. The summed E-state index contributed by atoms with van der Waals surface area (Å²) in [5.74, 6) is 0.598. The zero-order valence-corrected chi connectivity index (χ0v) is 12.4. The maximum atomic E-state index is 10.4. The molecule has 1 N–H and O–H groups in total. The van der Waals surface area contributed by atoms with Gasteiger partial charge in [0, 0.05) is 33.1 Å². The highest BCUT2D eigenvalue weighted by atomic mass is 79.9. The number of halogens is 1. The van der Waals surface area contributed by atoms with Crippen LogP contribution >= 0.6 is 27.7 Å². The monoisotopic (exact) mass is 323 g/mol. The van der Waals surface area contributed by atoms with Gasteiger partial charge in [-0.05, 0) is 37.3 Å². The van der Waals surface area contributed by atoms with Gasteiger partial charge in [0.2, 0.25) is 0 Å². The number of hydrogen-bond donors (Lipinski definition) is 1. The molecule has 1 aromatic carbocycles. The summed E-state index contributed by atoms with van der Waals surface area (Å²) < 4.78 is 1.06. The lowest BCUT2D eigenvalue weighted by atomic mass is 10.0. The molecule has 0 bridgehead atoms. The third kappa shape index (κ3) is 3.57. The van der Waals surface area contributed by atoms with Crippen LogP contribution in [0.2, 0.25) is 0 Å². The van der Waals surface area contributed by atoms with E-state index in [9.17, 15) is 5.11 Å². The molecule has 1 aromatic heterocycles. The van der Waals surface area contributed by atoms with Crippen LogP contribution in [0, 0.1) is 0 Å². The van der Waals surface area contributed by atoms with Crippen LogP contribution in [0.5, 0.6) is 0 Å². The molecule has 2 nitrogen and oxygen atoms in total. The van der Waals surface area contributed by atoms with Crippen molar-refractivity contribution in [2.45, 2.75) is 17.4 Å². The Morgan fingerprint density at radius 1 is 1.28 bits per heavy atom. The summed E-state index contributed by atoms with van der Waals surface area (Å²) in [7, 11) is 0. The van der Waals surface area contributed by atoms with Crippen LogP contribution in [0.15, 0.2) is 58.2 Å². The Kier molecular flexibility index (Phi) is 4.43. The summed E-state index contributed by atoms with van der Waals surface area (Å²) in [6, 6.07) is 11.8. The van der Waals surface area contributed by atoms with Crippen molar-refractivity contribution in [3.05, 3.63) is 58.8 Å². The van der Waals surface area contributed by atoms with E-state index < -0.39 is 5.60 Å². The highest BCUT2D eigenvalue weighted by Crippen LogP contribution is 2.29. The number of benzene rings is 1. The average Bonchev–Trinajstić information content (AvgIpc) is 2.39. The van der Waals surface area contributed by atoms with Gasteiger partial charge < -0.3 is 5.11 Å². The first kappa shape index (κ1) is 13.6. The van der Waals surface area contributed by atoms with Crippen molar-refractivity contribution in [3.8, 4) is 0 Å². The fourth-order valence-electron chi connectivity index (χ4n) is 1.52. The van der Waals surface area contributed by atoms with Gasteiger partial charge in [-0.25, -0.2) is 0 Å². The van der Waals surface area contributed by atoms with E-state index in [0.717, 1.165) is 14.9 Å². The summed E-state index contributed by atoms with van der Waals surface area (Å²) in [4.78, 5) is 5.18. The summed E-state index contributed by atoms with van der Waals surface area (Å²) in [5.41, 5.74) is -0.0268. The molecule has 0 spiro atoms. The van der Waals surface area contributed by atoms with Gasteiger partial charge in [-0.15, -0.1) is 11.8 Å². The van der Waals surface area contributed by atoms with Crippen LogP contribution in [0.3, 0.4) is 0 Å². The van der Waals surface area contributed by atoms with E-state index in [1.165, 1.54) is 0 Å². The second-order valence-corrected chi connectivity index (χ2v) is 6.22. The van der Waals surface area contributed by atoms with Gasteiger partial charge in [0.05, 0.1) is 5.60 Å². The van der Waals surface area contributed by atoms with Crippen molar-refractivity contribution in [3.63, 3.8) is 0 Å². The fraction of sp³-hybridized carbons (Fsp3) is 0.214. The number of aromatic nitrogens is 1. The first-order valence-corrected chi connectivity index (χ1v) is 7.37. The largest absolute Gasteiger partial charge is 0.385 e. The lowest BCUT2D eigenvalue weighted by Gasteiger charge is -2.22. The fourth-order valence-corrected chi connectivity index (χ4v) is 2.73. The Hall–Kier alpha value is -0.840. The van der Waals surface area contributed by atoms with E-state index in [1.54, 1.807) is 24.2 Å². The number of thioether (sulfide) groups is 1. The maximum Gasteiger partial charge on any atom is 0.0976 e. The van der Waals surface area contributed by atoms with Gasteiger partial charge >= 0.3 is 0 Å². The molecule has 1 heterocycles. The molecule has 94 valence electrons. The Morgan fingerprint density at radius 2 is 2.00 bits per heavy atom. The van der Waals surface area contributed by atoms with E-state index in [0.29, 0.717) is 5.75 Å². The standard InChI is InChI=1S/C14H14BrNOS/c1-14(17,11-3-2-8-16-9-11)10-18-13-6-4-12(15)5-7-13/h2-9,17H,10H2,1H3. The minimum atomic E-state index is -0.869. The summed E-state index contributed by atoms with van der Waals surface area (Å²) in [6.07, 6.45) is 3.42. The minimum absolute atomic E-state index is 0.598. The molecule has 1 unspecified atom stereocenters. The molecule has 0 saturated heterocycles. The summed E-state index contributed by atoms with van der Waals surface area (Å²) in [5, 5.41) is 10.4. The highest BCUT2D eigenvalue weighted by molar-refractivity contribution is 9.10. The van der Waals surface area contributed by atoms with Crippen LogP contribution in [0.25, 0.3) is 0 Å². The van der Waals surface area contributed by atoms with Gasteiger partial charge in [0.1, 0.15) is 0 Å². The molecule has 0 aliphatic heterocycles. The first-order chi connectivity index (χ1) is 8.58. The van der Waals surface area contributed by atoms with Gasteiger partial charge in [0.25, 0.3) is 0 Å². The molecule has 0 aliphatic carbocycles. The molecular weight excluding hydrogens is 310 g/mol. The van der Waals surface area contributed by atoms with Gasteiger partial charge in [-0.1, -0.05) is 22.0 Å². The minimum Gasteiger partial charge on any atom is -0.385 e. The van der Waals surface area contributed by atoms with Gasteiger partial charge in [-0.3, -0.25) is 4.98 Å². The topological polar surface area (TPSA) is 33.1 Å². The predicted molar refractivity (Wildman–Crippen MR) is 78.7 cm³/mol. The van der Waals surface area contributed by atoms with Crippen LogP contribution in [0.1, 0.15) is 12.5 Å². The van der Waals surface area contributed by atoms with Crippen molar-refractivity contribution in [1.29, 1.82) is 0 Å². The van der Waals surface area contributed by atoms with Crippen molar-refractivity contribution >= 4 is 27.7 Å². The molecule has 0 fully saturated rings. The van der Waals surface area contributed by atoms with Crippen LogP contribution in [-0.4, -0.2) is 15.8 Å². The Balaban J connectivity index is 2.03. The summed E-state index contributed by atoms with van der Waals surface area (Å²) in [6.45, 7) is 1.82. The highest BCUT2D eigenvalue weighted by Gasteiger charge is 2.23. The van der Waals surface area contributed by atoms with E-state index in [-0.39, 0.29) is 0 Å².